The van der Waals surface area contributed by atoms with Gasteiger partial charge >= 0.3 is 11.9 Å². The molecule has 0 bridgehead atoms. The molecule has 0 amide bonds. The Bertz CT molecular complexity index is 872. The lowest BCUT2D eigenvalue weighted by Crippen LogP contribution is -2.23. The topological polar surface area (TPSA) is 93.0 Å². The lowest BCUT2D eigenvalue weighted by Gasteiger charge is -2.23. The Morgan fingerprint density at radius 2 is 1.82 bits per heavy atom. The van der Waals surface area contributed by atoms with Crippen molar-refractivity contribution in [2.24, 2.45) is 0 Å². The van der Waals surface area contributed by atoms with Gasteiger partial charge < -0.3 is 10.6 Å². The van der Waals surface area contributed by atoms with E-state index in [2.05, 4.69) is 20.6 Å². The SMILES string of the molecule is O=[N+]([O-])c1c(Nc2ccc(Cl)c(C(F)(F)F)c2)ncnc1NC1CCCCC1. The van der Waals surface area contributed by atoms with E-state index in [0.29, 0.717) is 0 Å². The molecule has 2 N–H and O–H groups in total. The summed E-state index contributed by atoms with van der Waals surface area (Å²) in [5, 5.41) is 16.8. The van der Waals surface area contributed by atoms with E-state index in [1.54, 1.807) is 0 Å². The third-order valence-corrected chi connectivity index (χ3v) is 4.81. The van der Waals surface area contributed by atoms with Gasteiger partial charge in [-0.1, -0.05) is 30.9 Å². The van der Waals surface area contributed by atoms with Crippen LogP contribution in [0.1, 0.15) is 37.7 Å². The van der Waals surface area contributed by atoms with Crippen molar-refractivity contribution < 1.29 is 18.1 Å². The fourth-order valence-corrected chi connectivity index (χ4v) is 3.37. The highest BCUT2D eigenvalue weighted by Gasteiger charge is 2.34. The average molecular weight is 416 g/mol. The van der Waals surface area contributed by atoms with Crippen LogP contribution in [-0.4, -0.2) is 20.9 Å². The summed E-state index contributed by atoms with van der Waals surface area (Å²) in [6.07, 6.45) is 1.38. The van der Waals surface area contributed by atoms with E-state index in [1.165, 1.54) is 6.07 Å². The molecule has 2 aromatic rings. The Morgan fingerprint density at radius 1 is 1.14 bits per heavy atom. The van der Waals surface area contributed by atoms with Gasteiger partial charge in [-0.3, -0.25) is 10.1 Å². The van der Waals surface area contributed by atoms with Crippen LogP contribution in [0.25, 0.3) is 0 Å². The molecule has 1 aromatic carbocycles. The molecule has 0 unspecified atom stereocenters. The van der Waals surface area contributed by atoms with Crippen molar-refractivity contribution in [3.8, 4) is 0 Å². The minimum absolute atomic E-state index is 0.0258. The Labute approximate surface area is 163 Å². The zero-order valence-electron chi connectivity index (χ0n) is 14.6. The minimum Gasteiger partial charge on any atom is -0.361 e. The maximum absolute atomic E-state index is 13.0. The molecule has 7 nitrogen and oxygen atoms in total. The number of hydrogen-bond donors (Lipinski definition) is 2. The Kier molecular flexibility index (Phi) is 5.87. The molecule has 1 aliphatic carbocycles. The van der Waals surface area contributed by atoms with Crippen LogP contribution >= 0.6 is 11.6 Å². The lowest BCUT2D eigenvalue weighted by atomic mass is 9.95. The van der Waals surface area contributed by atoms with Crippen LogP contribution in [0, 0.1) is 10.1 Å². The normalized spacial score (nSPS) is 15.3. The third kappa shape index (κ3) is 4.61. The van der Waals surface area contributed by atoms with Crippen molar-refractivity contribution in [1.29, 1.82) is 0 Å². The number of halogens is 4. The molecule has 0 atom stereocenters. The number of benzene rings is 1. The van der Waals surface area contributed by atoms with Gasteiger partial charge in [-0.25, -0.2) is 9.97 Å². The van der Waals surface area contributed by atoms with Gasteiger partial charge in [-0.05, 0) is 31.0 Å². The maximum Gasteiger partial charge on any atom is 0.417 e. The Morgan fingerprint density at radius 3 is 2.46 bits per heavy atom. The fraction of sp³-hybridized carbons (Fsp3) is 0.412. The smallest absolute Gasteiger partial charge is 0.361 e. The van der Waals surface area contributed by atoms with Crippen molar-refractivity contribution >= 4 is 34.6 Å². The van der Waals surface area contributed by atoms with Crippen LogP contribution in [-0.2, 0) is 6.18 Å². The molecule has 11 heteroatoms. The van der Waals surface area contributed by atoms with Gasteiger partial charge in [-0.2, -0.15) is 13.2 Å². The highest BCUT2D eigenvalue weighted by Crippen LogP contribution is 2.38. The van der Waals surface area contributed by atoms with E-state index < -0.39 is 27.4 Å². The van der Waals surface area contributed by atoms with Gasteiger partial charge in [0.2, 0.25) is 11.6 Å². The second-order valence-corrected chi connectivity index (χ2v) is 6.88. The van der Waals surface area contributed by atoms with Crippen molar-refractivity contribution in [3.05, 3.63) is 45.2 Å². The molecule has 0 saturated heterocycles. The summed E-state index contributed by atoms with van der Waals surface area (Å²) in [5.41, 5.74) is -1.49. The predicted octanol–water partition coefficient (Wildman–Crippen LogP) is 5.55. The molecule has 150 valence electrons. The highest BCUT2D eigenvalue weighted by atomic mass is 35.5. The van der Waals surface area contributed by atoms with Gasteiger partial charge in [0.05, 0.1) is 15.5 Å². The van der Waals surface area contributed by atoms with E-state index in [9.17, 15) is 23.3 Å². The first-order chi connectivity index (χ1) is 13.3. The Balaban J connectivity index is 1.92. The first kappa shape index (κ1) is 20.1. The monoisotopic (exact) mass is 415 g/mol. The van der Waals surface area contributed by atoms with Crippen LogP contribution < -0.4 is 10.6 Å². The highest BCUT2D eigenvalue weighted by molar-refractivity contribution is 6.31. The van der Waals surface area contributed by atoms with Crippen LogP contribution in [0.3, 0.4) is 0 Å². The minimum atomic E-state index is -4.65. The summed E-state index contributed by atoms with van der Waals surface area (Å²) in [4.78, 5) is 18.7. The summed E-state index contributed by atoms with van der Waals surface area (Å²) in [5.74, 6) is -0.159. The summed E-state index contributed by atoms with van der Waals surface area (Å²) < 4.78 is 39.1. The van der Waals surface area contributed by atoms with Crippen LogP contribution in [0.4, 0.5) is 36.2 Å². The van der Waals surface area contributed by atoms with Gasteiger partial charge in [0.1, 0.15) is 6.33 Å². The predicted molar refractivity (Wildman–Crippen MR) is 98.9 cm³/mol. The molecular formula is C17H17ClF3N5O2. The number of nitrogens with one attached hydrogen (secondary N) is 2. The quantitative estimate of drug-likeness (QED) is 0.491. The lowest BCUT2D eigenvalue weighted by molar-refractivity contribution is -0.383. The number of alkyl halides is 3. The molecule has 0 spiro atoms. The van der Waals surface area contributed by atoms with Gasteiger partial charge in [0.25, 0.3) is 0 Å². The average Bonchev–Trinajstić information content (AvgIpc) is 2.63. The summed E-state index contributed by atoms with van der Waals surface area (Å²) in [6.45, 7) is 0. The van der Waals surface area contributed by atoms with E-state index >= 15 is 0 Å². The van der Waals surface area contributed by atoms with Crippen molar-refractivity contribution in [3.63, 3.8) is 0 Å². The second kappa shape index (κ2) is 8.17. The third-order valence-electron chi connectivity index (χ3n) is 4.49. The van der Waals surface area contributed by atoms with E-state index in [0.717, 1.165) is 50.6 Å². The van der Waals surface area contributed by atoms with E-state index in [-0.39, 0.29) is 23.4 Å². The molecule has 1 aliphatic rings. The molecule has 0 radical (unpaired) electrons. The summed E-state index contributed by atoms with van der Waals surface area (Å²) >= 11 is 5.61. The molecule has 1 saturated carbocycles. The van der Waals surface area contributed by atoms with Gasteiger partial charge in [-0.15, -0.1) is 0 Å². The molecule has 1 heterocycles. The summed E-state index contributed by atoms with van der Waals surface area (Å²) in [7, 11) is 0. The zero-order valence-corrected chi connectivity index (χ0v) is 15.3. The Hall–Kier alpha value is -2.62. The van der Waals surface area contributed by atoms with Crippen LogP contribution in [0.2, 0.25) is 5.02 Å². The second-order valence-electron chi connectivity index (χ2n) is 6.47. The first-order valence-electron chi connectivity index (χ1n) is 8.65. The largest absolute Gasteiger partial charge is 0.417 e. The zero-order chi connectivity index (χ0) is 20.3. The van der Waals surface area contributed by atoms with E-state index in [1.807, 2.05) is 0 Å². The fourth-order valence-electron chi connectivity index (χ4n) is 3.15. The van der Waals surface area contributed by atoms with Crippen molar-refractivity contribution in [2.75, 3.05) is 10.6 Å². The molecule has 1 aromatic heterocycles. The van der Waals surface area contributed by atoms with Crippen LogP contribution in [0.15, 0.2) is 24.5 Å². The number of hydrogen-bond acceptors (Lipinski definition) is 6. The number of rotatable bonds is 5. The van der Waals surface area contributed by atoms with Crippen molar-refractivity contribution in [2.45, 2.75) is 44.3 Å². The van der Waals surface area contributed by atoms with Crippen molar-refractivity contribution in [1.82, 2.24) is 9.97 Å². The van der Waals surface area contributed by atoms with Crippen LogP contribution in [0.5, 0.6) is 0 Å². The number of anilines is 3. The maximum atomic E-state index is 13.0. The molecule has 28 heavy (non-hydrogen) atoms. The number of nitro groups is 1. The summed E-state index contributed by atoms with van der Waals surface area (Å²) in [6, 6.07) is 3.20. The van der Waals surface area contributed by atoms with Gasteiger partial charge in [0, 0.05) is 11.7 Å². The molecule has 1 fully saturated rings. The number of nitrogens with zero attached hydrogens (tertiary/aromatic N) is 3. The molecular weight excluding hydrogens is 399 g/mol. The molecule has 0 aliphatic heterocycles. The molecule has 3 rings (SSSR count). The number of aromatic nitrogens is 2. The van der Waals surface area contributed by atoms with Gasteiger partial charge in [0.15, 0.2) is 0 Å². The first-order valence-corrected chi connectivity index (χ1v) is 9.03. The standard InChI is InChI=1S/C17H17ClF3N5O2/c18-13-7-6-11(8-12(13)17(19,20)21)25-16-14(26(27)28)15(22-9-23-16)24-10-4-2-1-3-5-10/h6-10H,1-5H2,(H2,22,23,24,25). The van der Waals surface area contributed by atoms with E-state index in [4.69, 9.17) is 11.6 Å².